The van der Waals surface area contributed by atoms with Crippen LogP contribution in [0.25, 0.3) is 0 Å². The van der Waals surface area contributed by atoms with Gasteiger partial charge in [0.2, 0.25) is 0 Å². The summed E-state index contributed by atoms with van der Waals surface area (Å²) < 4.78 is 11.8. The summed E-state index contributed by atoms with van der Waals surface area (Å²) in [6.07, 6.45) is 10.9. The lowest BCUT2D eigenvalue weighted by Crippen LogP contribution is -2.33. The van der Waals surface area contributed by atoms with Gasteiger partial charge in [-0.05, 0) is 59.0 Å². The van der Waals surface area contributed by atoms with Crippen molar-refractivity contribution in [2.45, 2.75) is 64.6 Å². The van der Waals surface area contributed by atoms with E-state index in [9.17, 15) is 0 Å². The molecule has 3 heteroatoms. The van der Waals surface area contributed by atoms with Crippen molar-refractivity contribution in [2.75, 3.05) is 19.8 Å². The van der Waals surface area contributed by atoms with Crippen molar-refractivity contribution in [1.29, 1.82) is 0 Å². The van der Waals surface area contributed by atoms with Gasteiger partial charge in [0, 0.05) is 6.54 Å². The van der Waals surface area contributed by atoms with E-state index in [2.05, 4.69) is 45.9 Å². The Morgan fingerprint density at radius 3 is 2.25 bits per heavy atom. The summed E-state index contributed by atoms with van der Waals surface area (Å²) in [5, 5.41) is 0. The van der Waals surface area contributed by atoms with Crippen LogP contribution in [-0.2, 0) is 9.47 Å². The fraction of sp³-hybridized carbons (Fsp3) is 0.765. The molecule has 0 aromatic carbocycles. The first-order valence-electron chi connectivity index (χ1n) is 7.68. The van der Waals surface area contributed by atoms with Crippen LogP contribution < -0.4 is 5.73 Å². The largest absolute Gasteiger partial charge is 0.374 e. The summed E-state index contributed by atoms with van der Waals surface area (Å²) >= 11 is 0. The van der Waals surface area contributed by atoms with Crippen LogP contribution in [0.1, 0.15) is 53.4 Å². The molecule has 0 spiro atoms. The van der Waals surface area contributed by atoms with Crippen molar-refractivity contribution in [3.63, 3.8) is 0 Å². The van der Waals surface area contributed by atoms with Crippen LogP contribution in [0.3, 0.4) is 0 Å². The summed E-state index contributed by atoms with van der Waals surface area (Å²) in [7, 11) is 0. The van der Waals surface area contributed by atoms with E-state index >= 15 is 0 Å². The average molecular weight is 281 g/mol. The van der Waals surface area contributed by atoms with Crippen LogP contribution in [-0.4, -0.2) is 31.0 Å². The van der Waals surface area contributed by atoms with Crippen LogP contribution in [0.4, 0.5) is 0 Å². The number of nitrogens with two attached hydrogens (primary N) is 1. The molecule has 20 heavy (non-hydrogen) atoms. The number of ether oxygens (including phenoxy) is 2. The lowest BCUT2D eigenvalue weighted by atomic mass is 9.93. The Morgan fingerprint density at radius 2 is 1.70 bits per heavy atom. The van der Waals surface area contributed by atoms with Gasteiger partial charge in [-0.15, -0.1) is 0 Å². The maximum absolute atomic E-state index is 6.07. The molecular formula is C17H31NO2. The molecule has 0 aromatic heterocycles. The minimum atomic E-state index is -0.135. The van der Waals surface area contributed by atoms with Gasteiger partial charge < -0.3 is 15.2 Å². The van der Waals surface area contributed by atoms with Crippen molar-refractivity contribution in [2.24, 2.45) is 5.73 Å². The molecule has 0 fully saturated rings. The molecule has 0 amide bonds. The molecule has 0 unspecified atom stereocenters. The molecular weight excluding hydrogens is 250 g/mol. The standard InChI is InChI=1S/C17H31NO2/c1-16(2,19-13-12-18)10-11-17(3,4)20-14-15-8-6-5-7-9-15/h6,8-9H,5,7,10-14,18H2,1-4H3. The van der Waals surface area contributed by atoms with Gasteiger partial charge in [-0.2, -0.15) is 0 Å². The maximum atomic E-state index is 6.07. The van der Waals surface area contributed by atoms with Crippen molar-refractivity contribution in [3.8, 4) is 0 Å². The van der Waals surface area contributed by atoms with Crippen molar-refractivity contribution < 1.29 is 9.47 Å². The topological polar surface area (TPSA) is 44.5 Å². The van der Waals surface area contributed by atoms with Crippen molar-refractivity contribution >= 4 is 0 Å². The fourth-order valence-corrected chi connectivity index (χ4v) is 2.14. The molecule has 0 radical (unpaired) electrons. The third kappa shape index (κ3) is 7.22. The van der Waals surface area contributed by atoms with Crippen LogP contribution in [0.2, 0.25) is 0 Å². The molecule has 0 heterocycles. The van der Waals surface area contributed by atoms with Crippen molar-refractivity contribution in [3.05, 3.63) is 23.8 Å². The third-order valence-electron chi connectivity index (χ3n) is 3.64. The van der Waals surface area contributed by atoms with Gasteiger partial charge in [0.25, 0.3) is 0 Å². The Balaban J connectivity index is 2.33. The Hall–Kier alpha value is -0.640. The molecule has 0 saturated heterocycles. The van der Waals surface area contributed by atoms with Crippen LogP contribution in [0.15, 0.2) is 23.8 Å². The molecule has 0 aliphatic heterocycles. The summed E-state index contributed by atoms with van der Waals surface area (Å²) in [5.41, 5.74) is 6.52. The highest BCUT2D eigenvalue weighted by atomic mass is 16.5. The highest BCUT2D eigenvalue weighted by Crippen LogP contribution is 2.25. The van der Waals surface area contributed by atoms with E-state index in [4.69, 9.17) is 15.2 Å². The van der Waals surface area contributed by atoms with Gasteiger partial charge in [-0.1, -0.05) is 18.2 Å². The minimum absolute atomic E-state index is 0.129. The lowest BCUT2D eigenvalue weighted by Gasteiger charge is -2.31. The first-order chi connectivity index (χ1) is 9.35. The van der Waals surface area contributed by atoms with Gasteiger partial charge in [0.15, 0.2) is 0 Å². The second-order valence-corrected chi connectivity index (χ2v) is 6.70. The minimum Gasteiger partial charge on any atom is -0.374 e. The van der Waals surface area contributed by atoms with Crippen LogP contribution in [0.5, 0.6) is 0 Å². The number of rotatable bonds is 9. The summed E-state index contributed by atoms with van der Waals surface area (Å²) in [6, 6.07) is 0. The molecule has 1 aliphatic carbocycles. The van der Waals surface area contributed by atoms with E-state index in [-0.39, 0.29) is 11.2 Å². The normalized spacial score (nSPS) is 16.4. The van der Waals surface area contributed by atoms with E-state index in [1.54, 1.807) is 0 Å². The summed E-state index contributed by atoms with van der Waals surface area (Å²) in [6.45, 7) is 10.4. The number of hydrogen-bond donors (Lipinski definition) is 1. The van der Waals surface area contributed by atoms with E-state index in [0.29, 0.717) is 19.8 Å². The molecule has 0 atom stereocenters. The van der Waals surface area contributed by atoms with E-state index in [1.165, 1.54) is 5.57 Å². The number of allylic oxidation sites excluding steroid dienone is 2. The molecule has 1 rings (SSSR count). The smallest absolute Gasteiger partial charge is 0.0720 e. The van der Waals surface area contributed by atoms with Crippen LogP contribution in [0, 0.1) is 0 Å². The third-order valence-corrected chi connectivity index (χ3v) is 3.64. The maximum Gasteiger partial charge on any atom is 0.0720 e. The zero-order valence-corrected chi connectivity index (χ0v) is 13.6. The molecule has 0 aromatic rings. The lowest BCUT2D eigenvalue weighted by molar-refractivity contribution is -0.0564. The second-order valence-electron chi connectivity index (χ2n) is 6.70. The molecule has 2 N–H and O–H groups in total. The van der Waals surface area contributed by atoms with Gasteiger partial charge in [-0.3, -0.25) is 0 Å². The van der Waals surface area contributed by atoms with Gasteiger partial charge in [0.05, 0.1) is 24.4 Å². The molecule has 3 nitrogen and oxygen atoms in total. The first-order valence-corrected chi connectivity index (χ1v) is 7.68. The van der Waals surface area contributed by atoms with Crippen molar-refractivity contribution in [1.82, 2.24) is 0 Å². The van der Waals surface area contributed by atoms with Crippen LogP contribution >= 0.6 is 0 Å². The summed E-state index contributed by atoms with van der Waals surface area (Å²) in [5.74, 6) is 0. The van der Waals surface area contributed by atoms with E-state index < -0.39 is 0 Å². The number of hydrogen-bond acceptors (Lipinski definition) is 3. The monoisotopic (exact) mass is 281 g/mol. The highest BCUT2D eigenvalue weighted by molar-refractivity contribution is 5.22. The Morgan fingerprint density at radius 1 is 1.05 bits per heavy atom. The predicted molar refractivity (Wildman–Crippen MR) is 84.8 cm³/mol. The predicted octanol–water partition coefficient (Wildman–Crippen LogP) is 3.59. The SMILES string of the molecule is CC(C)(CCC(C)(C)OCC1=CCCC=C1)OCCN. The quantitative estimate of drug-likeness (QED) is 0.702. The Kier molecular flexibility index (Phi) is 6.93. The zero-order chi connectivity index (χ0) is 15.1. The Labute approximate surface area is 124 Å². The first kappa shape index (κ1) is 17.4. The zero-order valence-electron chi connectivity index (χ0n) is 13.6. The van der Waals surface area contributed by atoms with Gasteiger partial charge in [-0.25, -0.2) is 0 Å². The highest BCUT2D eigenvalue weighted by Gasteiger charge is 2.25. The summed E-state index contributed by atoms with van der Waals surface area (Å²) in [4.78, 5) is 0. The second kappa shape index (κ2) is 7.96. The van der Waals surface area contributed by atoms with Gasteiger partial charge in [0.1, 0.15) is 0 Å². The fourth-order valence-electron chi connectivity index (χ4n) is 2.14. The molecule has 1 aliphatic rings. The van der Waals surface area contributed by atoms with E-state index in [1.807, 2.05) is 0 Å². The molecule has 116 valence electrons. The van der Waals surface area contributed by atoms with Gasteiger partial charge >= 0.3 is 0 Å². The molecule has 0 bridgehead atoms. The average Bonchev–Trinajstić information content (AvgIpc) is 2.43. The van der Waals surface area contributed by atoms with E-state index in [0.717, 1.165) is 25.7 Å². The molecule has 0 saturated carbocycles. The Bertz CT molecular complexity index is 343.